The quantitative estimate of drug-likeness (QED) is 0.723. The van der Waals surface area contributed by atoms with E-state index in [1.54, 1.807) is 48.5 Å². The molecule has 0 radical (unpaired) electrons. The summed E-state index contributed by atoms with van der Waals surface area (Å²) < 4.78 is 2.33. The Kier molecular flexibility index (Phi) is 3.12. The molecule has 0 saturated heterocycles. The molecule has 6 heteroatoms. The Morgan fingerprint density at radius 2 is 1.33 bits per heavy atom. The molecule has 1 heterocycles. The van der Waals surface area contributed by atoms with Crippen LogP contribution in [-0.2, 0) is 0 Å². The van der Waals surface area contributed by atoms with E-state index < -0.39 is 5.69 Å². The minimum absolute atomic E-state index is 0.102. The number of benzene rings is 2. The fraction of sp³-hybridized carbons (Fsp3) is 0. The van der Waals surface area contributed by atoms with Crippen molar-refractivity contribution in [3.05, 3.63) is 71.1 Å². The lowest BCUT2D eigenvalue weighted by Gasteiger charge is -2.02. The summed E-state index contributed by atoms with van der Waals surface area (Å²) in [6.45, 7) is 0. The van der Waals surface area contributed by atoms with E-state index in [-0.39, 0.29) is 11.7 Å². The van der Waals surface area contributed by atoms with Crippen molar-refractivity contribution in [2.75, 3.05) is 0 Å². The smallest absolute Gasteiger partial charge is 0.342 e. The van der Waals surface area contributed by atoms with Gasteiger partial charge in [0.1, 0.15) is 0 Å². The second-order valence-electron chi connectivity index (χ2n) is 4.38. The van der Waals surface area contributed by atoms with E-state index >= 15 is 0 Å². The first-order valence-corrected chi connectivity index (χ1v) is 6.29. The van der Waals surface area contributed by atoms with Crippen LogP contribution in [0, 0.1) is 5.53 Å². The number of nitrogens with zero attached hydrogens (tertiary/aromatic N) is 3. The highest BCUT2D eigenvalue weighted by molar-refractivity contribution is 5.52. The van der Waals surface area contributed by atoms with Gasteiger partial charge in [0.25, 0.3) is 0 Å². The third-order valence-electron chi connectivity index (χ3n) is 3.14. The predicted octanol–water partition coefficient (Wildman–Crippen LogP) is 3.00. The van der Waals surface area contributed by atoms with Gasteiger partial charge in [0, 0.05) is 0 Å². The summed E-state index contributed by atoms with van der Waals surface area (Å²) in [5.41, 5.74) is 7.82. The maximum atomic E-state index is 12.6. The molecule has 0 fully saturated rings. The van der Waals surface area contributed by atoms with Crippen molar-refractivity contribution in [3.63, 3.8) is 0 Å². The minimum Gasteiger partial charge on any atom is -0.491 e. The summed E-state index contributed by atoms with van der Waals surface area (Å²) in [5, 5.41) is 13.5. The van der Waals surface area contributed by atoms with Gasteiger partial charge in [0.05, 0.1) is 11.4 Å². The van der Waals surface area contributed by atoms with Crippen LogP contribution in [-0.4, -0.2) is 14.2 Å². The van der Waals surface area contributed by atoms with Crippen molar-refractivity contribution in [1.82, 2.24) is 9.13 Å². The van der Waals surface area contributed by atoms with E-state index in [1.807, 2.05) is 12.1 Å². The van der Waals surface area contributed by atoms with Crippen LogP contribution >= 0.6 is 0 Å². The number of imidazole rings is 1. The molecule has 2 N–H and O–H groups in total. The molecule has 0 bridgehead atoms. The van der Waals surface area contributed by atoms with Gasteiger partial charge in [-0.3, -0.25) is 0 Å². The van der Waals surface area contributed by atoms with Gasteiger partial charge in [-0.2, -0.15) is 0 Å². The summed E-state index contributed by atoms with van der Waals surface area (Å²) in [6.07, 6.45) is 0. The molecule has 0 aliphatic carbocycles. The highest BCUT2D eigenvalue weighted by Gasteiger charge is 2.21. The van der Waals surface area contributed by atoms with Gasteiger partial charge in [0.15, 0.2) is 0 Å². The summed E-state index contributed by atoms with van der Waals surface area (Å²) in [7, 11) is 0. The summed E-state index contributed by atoms with van der Waals surface area (Å²) in [4.78, 5) is 12.6. The van der Waals surface area contributed by atoms with Crippen LogP contribution in [0.25, 0.3) is 11.4 Å². The van der Waals surface area contributed by atoms with Crippen LogP contribution in [0.2, 0.25) is 0 Å². The highest BCUT2D eigenvalue weighted by atomic mass is 16.3. The SMILES string of the molecule is N=Nc1c(O)n(-c2ccccc2)c(=O)n1-c1ccccc1. The second kappa shape index (κ2) is 5.09. The van der Waals surface area contributed by atoms with Crippen LogP contribution in [0.1, 0.15) is 0 Å². The van der Waals surface area contributed by atoms with Crippen LogP contribution < -0.4 is 5.69 Å². The Morgan fingerprint density at radius 3 is 1.81 bits per heavy atom. The predicted molar refractivity (Wildman–Crippen MR) is 77.8 cm³/mol. The molecule has 3 rings (SSSR count). The minimum atomic E-state index is -0.476. The fourth-order valence-electron chi connectivity index (χ4n) is 2.20. The van der Waals surface area contributed by atoms with E-state index in [0.29, 0.717) is 11.4 Å². The Balaban J connectivity index is 2.33. The number of para-hydroxylation sites is 2. The van der Waals surface area contributed by atoms with E-state index in [2.05, 4.69) is 5.11 Å². The Bertz CT molecular complexity index is 835. The van der Waals surface area contributed by atoms with Crippen molar-refractivity contribution >= 4 is 5.82 Å². The van der Waals surface area contributed by atoms with Crippen molar-refractivity contribution < 1.29 is 5.11 Å². The zero-order valence-corrected chi connectivity index (χ0v) is 11.0. The van der Waals surface area contributed by atoms with E-state index in [0.717, 1.165) is 4.57 Å². The molecule has 0 spiro atoms. The standard InChI is InChI=1S/C15H12N4O2/c16-17-13-14(20)19(12-9-5-2-6-10-12)15(21)18(13)11-7-3-1-4-8-11/h1-10,16,20H. The molecule has 6 nitrogen and oxygen atoms in total. The Labute approximate surface area is 120 Å². The fourth-order valence-corrected chi connectivity index (χ4v) is 2.20. The molecule has 0 amide bonds. The van der Waals surface area contributed by atoms with Gasteiger partial charge in [-0.15, -0.1) is 5.11 Å². The van der Waals surface area contributed by atoms with Crippen LogP contribution in [0.15, 0.2) is 70.6 Å². The lowest BCUT2D eigenvalue weighted by atomic mass is 10.3. The largest absolute Gasteiger partial charge is 0.491 e. The molecule has 3 aromatic rings. The zero-order valence-electron chi connectivity index (χ0n) is 11.0. The van der Waals surface area contributed by atoms with E-state index in [4.69, 9.17) is 5.53 Å². The maximum Gasteiger partial charge on any atom is 0.342 e. The van der Waals surface area contributed by atoms with Gasteiger partial charge in [-0.05, 0) is 24.3 Å². The Hall–Kier alpha value is -3.15. The summed E-state index contributed by atoms with van der Waals surface area (Å²) >= 11 is 0. The molecule has 21 heavy (non-hydrogen) atoms. The molecule has 1 aromatic heterocycles. The summed E-state index contributed by atoms with van der Waals surface area (Å²) in [6, 6.07) is 17.5. The number of aromatic nitrogens is 2. The molecular formula is C15H12N4O2. The number of hydrogen-bond acceptors (Lipinski definition) is 4. The lowest BCUT2D eigenvalue weighted by molar-refractivity contribution is 0.442. The van der Waals surface area contributed by atoms with Crippen LogP contribution in [0.5, 0.6) is 5.88 Å². The number of nitrogens with one attached hydrogen (secondary N) is 1. The molecule has 0 atom stereocenters. The lowest BCUT2D eigenvalue weighted by Crippen LogP contribution is -2.21. The second-order valence-corrected chi connectivity index (χ2v) is 4.38. The number of rotatable bonds is 3. The third-order valence-corrected chi connectivity index (χ3v) is 3.14. The average molecular weight is 280 g/mol. The molecule has 0 saturated carbocycles. The van der Waals surface area contributed by atoms with Gasteiger partial charge < -0.3 is 5.11 Å². The molecular weight excluding hydrogens is 268 g/mol. The monoisotopic (exact) mass is 280 g/mol. The van der Waals surface area contributed by atoms with Crippen molar-refractivity contribution in [1.29, 1.82) is 5.53 Å². The topological polar surface area (TPSA) is 83.4 Å². The van der Waals surface area contributed by atoms with E-state index in [1.165, 1.54) is 4.57 Å². The van der Waals surface area contributed by atoms with Crippen molar-refractivity contribution in [2.24, 2.45) is 5.11 Å². The van der Waals surface area contributed by atoms with Crippen LogP contribution in [0.4, 0.5) is 5.82 Å². The Morgan fingerprint density at radius 1 is 0.857 bits per heavy atom. The van der Waals surface area contributed by atoms with Gasteiger partial charge in [-0.25, -0.2) is 19.5 Å². The zero-order chi connectivity index (χ0) is 14.8. The van der Waals surface area contributed by atoms with Crippen molar-refractivity contribution in [3.8, 4) is 17.3 Å². The average Bonchev–Trinajstić information content (AvgIpc) is 2.79. The first kappa shape index (κ1) is 12.9. The molecule has 0 aliphatic heterocycles. The molecule has 2 aromatic carbocycles. The number of hydrogen-bond donors (Lipinski definition) is 2. The first-order valence-electron chi connectivity index (χ1n) is 6.29. The number of aromatic hydroxyl groups is 1. The normalized spacial score (nSPS) is 10.5. The van der Waals surface area contributed by atoms with Gasteiger partial charge in [-0.1, -0.05) is 36.4 Å². The molecule has 104 valence electrons. The van der Waals surface area contributed by atoms with Crippen molar-refractivity contribution in [2.45, 2.75) is 0 Å². The summed E-state index contributed by atoms with van der Waals surface area (Å²) in [5.74, 6) is -0.458. The maximum absolute atomic E-state index is 12.6. The van der Waals surface area contributed by atoms with Crippen LogP contribution in [0.3, 0.4) is 0 Å². The molecule has 0 aliphatic rings. The third kappa shape index (κ3) is 2.02. The van der Waals surface area contributed by atoms with Gasteiger partial charge in [0.2, 0.25) is 11.7 Å². The highest BCUT2D eigenvalue weighted by Crippen LogP contribution is 2.29. The molecule has 0 unspecified atom stereocenters. The first-order chi connectivity index (χ1) is 10.2. The van der Waals surface area contributed by atoms with E-state index in [9.17, 15) is 9.90 Å². The van der Waals surface area contributed by atoms with Gasteiger partial charge >= 0.3 is 5.69 Å².